The fraction of sp³-hybridized carbons (Fsp3) is 0.541. The molecule has 4 fully saturated rings. The van der Waals surface area contributed by atoms with E-state index in [0.29, 0.717) is 46.8 Å². The number of piperazine rings is 1. The van der Waals surface area contributed by atoms with Gasteiger partial charge in [-0.3, -0.25) is 29.4 Å². The molecule has 14 heteroatoms. The lowest BCUT2D eigenvalue weighted by molar-refractivity contribution is -0.134. The predicted molar refractivity (Wildman–Crippen MR) is 197 cm³/mol. The fourth-order valence-electron chi connectivity index (χ4n) is 7.98. The summed E-state index contributed by atoms with van der Waals surface area (Å²) in [7, 11) is 0. The normalized spacial score (nSPS) is 20.9. The Morgan fingerprint density at radius 3 is 2.49 bits per heavy atom. The third-order valence-electron chi connectivity index (χ3n) is 11.0. The molecule has 0 bridgehead atoms. The average Bonchev–Trinajstić information content (AvgIpc) is 3.77. The molecular formula is C37H47N9O4S. The molecule has 4 saturated heterocycles. The molecule has 2 N–H and O–H groups in total. The zero-order valence-corrected chi connectivity index (χ0v) is 30.1. The highest BCUT2D eigenvalue weighted by atomic mass is 32.1. The van der Waals surface area contributed by atoms with E-state index < -0.39 is 0 Å². The third-order valence-corrected chi connectivity index (χ3v) is 11.9. The second-order valence-electron chi connectivity index (χ2n) is 14.4. The van der Waals surface area contributed by atoms with Crippen LogP contribution in [0.2, 0.25) is 0 Å². The van der Waals surface area contributed by atoms with Crippen molar-refractivity contribution in [2.24, 2.45) is 5.41 Å². The van der Waals surface area contributed by atoms with E-state index >= 15 is 0 Å². The van der Waals surface area contributed by atoms with Crippen molar-refractivity contribution in [1.29, 1.82) is 0 Å². The number of likely N-dealkylation sites (tertiary alicyclic amines) is 1. The summed E-state index contributed by atoms with van der Waals surface area (Å²) in [4.78, 5) is 71.3. The topological polar surface area (TPSA) is 144 Å². The maximum atomic E-state index is 13.2. The van der Waals surface area contributed by atoms with Crippen molar-refractivity contribution in [1.82, 2.24) is 30.1 Å². The van der Waals surface area contributed by atoms with Crippen LogP contribution in [-0.4, -0.2) is 108 Å². The number of nitrogens with zero attached hydrogens (tertiary/aromatic N) is 7. The third kappa shape index (κ3) is 8.39. The first kappa shape index (κ1) is 35.0. The zero-order valence-electron chi connectivity index (χ0n) is 29.3. The first-order valence-corrected chi connectivity index (χ1v) is 19.0. The second kappa shape index (κ2) is 15.4. The smallest absolute Gasteiger partial charge is 0.234 e. The van der Waals surface area contributed by atoms with E-state index in [1.54, 1.807) is 6.20 Å². The van der Waals surface area contributed by atoms with Gasteiger partial charge in [-0.25, -0.2) is 15.0 Å². The standard InChI is InChI=1S/C37H47N9O4S/c1-26-39-31(41-36-38-23-29(24-47)51-36)22-32(40-26)45-20-18-43(19-21-45)14-3-2-4-34(49)46-17-13-37(25-46)11-15-44(16-12-37)28-7-5-27(6-8-28)30-9-10-33(48)42-35(30)50/h5-8,22-24,30H,2-4,9-21,25H2,1H3,(H,42,48,50)(H,38,39,40,41). The van der Waals surface area contributed by atoms with E-state index in [4.69, 9.17) is 0 Å². The van der Waals surface area contributed by atoms with Crippen LogP contribution in [0.5, 0.6) is 0 Å². The highest BCUT2D eigenvalue weighted by Crippen LogP contribution is 2.42. The molecule has 1 aromatic carbocycles. The Kier molecular flexibility index (Phi) is 10.6. The van der Waals surface area contributed by atoms with Gasteiger partial charge in [-0.2, -0.15) is 0 Å². The zero-order chi connectivity index (χ0) is 35.4. The number of piperidine rings is 2. The van der Waals surface area contributed by atoms with Crippen LogP contribution in [0.4, 0.5) is 22.5 Å². The van der Waals surface area contributed by atoms with Crippen molar-refractivity contribution < 1.29 is 19.2 Å². The number of thiazole rings is 1. The SMILES string of the molecule is Cc1nc(Nc2ncc(C=O)s2)cc(N2CCN(CCCCC(=O)N3CCC4(CCN(c5ccc(C6CCC(=O)NC6=O)cc5)CC4)C3)CC2)n1. The van der Waals surface area contributed by atoms with Gasteiger partial charge < -0.3 is 20.0 Å². The van der Waals surface area contributed by atoms with Crippen molar-refractivity contribution >= 4 is 57.8 Å². The molecule has 3 aromatic rings. The van der Waals surface area contributed by atoms with Gasteiger partial charge in [0.15, 0.2) is 11.4 Å². The number of imide groups is 1. The number of aryl methyl sites for hydroxylation is 1. The summed E-state index contributed by atoms with van der Waals surface area (Å²) in [6.07, 6.45) is 9.08. The molecule has 270 valence electrons. The lowest BCUT2D eigenvalue weighted by Crippen LogP contribution is -2.47. The van der Waals surface area contributed by atoms with Gasteiger partial charge in [0.2, 0.25) is 17.7 Å². The van der Waals surface area contributed by atoms with Gasteiger partial charge in [0.05, 0.1) is 17.0 Å². The number of carbonyl (C=O) groups excluding carboxylic acids is 4. The molecule has 2 aromatic heterocycles. The van der Waals surface area contributed by atoms with Crippen LogP contribution < -0.4 is 20.4 Å². The molecule has 51 heavy (non-hydrogen) atoms. The van der Waals surface area contributed by atoms with Crippen LogP contribution in [0.15, 0.2) is 36.5 Å². The summed E-state index contributed by atoms with van der Waals surface area (Å²) >= 11 is 1.29. The van der Waals surface area contributed by atoms with Crippen LogP contribution in [0.3, 0.4) is 0 Å². The number of nitrogens with one attached hydrogen (secondary N) is 2. The summed E-state index contributed by atoms with van der Waals surface area (Å²) in [5, 5.41) is 6.28. The Hall–Kier alpha value is -4.43. The molecule has 4 aliphatic rings. The molecule has 1 unspecified atom stereocenters. The highest BCUT2D eigenvalue weighted by molar-refractivity contribution is 7.17. The molecule has 6 heterocycles. The number of anilines is 4. The number of hydrogen-bond donors (Lipinski definition) is 2. The molecule has 7 rings (SSSR count). The molecule has 4 aliphatic heterocycles. The minimum absolute atomic E-state index is 0.186. The Labute approximate surface area is 302 Å². The van der Waals surface area contributed by atoms with Crippen LogP contribution >= 0.6 is 11.3 Å². The van der Waals surface area contributed by atoms with E-state index in [-0.39, 0.29) is 23.1 Å². The van der Waals surface area contributed by atoms with Crippen LogP contribution in [0.25, 0.3) is 0 Å². The largest absolute Gasteiger partial charge is 0.371 e. The molecule has 3 amide bonds. The number of rotatable bonds is 11. The maximum Gasteiger partial charge on any atom is 0.234 e. The molecule has 13 nitrogen and oxygen atoms in total. The number of carbonyl (C=O) groups is 4. The highest BCUT2D eigenvalue weighted by Gasteiger charge is 2.42. The van der Waals surface area contributed by atoms with Gasteiger partial charge in [-0.15, -0.1) is 0 Å². The average molecular weight is 714 g/mol. The van der Waals surface area contributed by atoms with E-state index in [1.165, 1.54) is 17.0 Å². The molecule has 0 radical (unpaired) electrons. The maximum absolute atomic E-state index is 13.2. The monoisotopic (exact) mass is 713 g/mol. The lowest BCUT2D eigenvalue weighted by Gasteiger charge is -2.40. The van der Waals surface area contributed by atoms with Crippen LogP contribution in [0.1, 0.15) is 78.3 Å². The van der Waals surface area contributed by atoms with Crippen molar-refractivity contribution in [3.8, 4) is 0 Å². The second-order valence-corrected chi connectivity index (χ2v) is 15.5. The van der Waals surface area contributed by atoms with E-state index in [2.05, 4.69) is 57.3 Å². The Morgan fingerprint density at radius 2 is 1.76 bits per heavy atom. The first-order valence-electron chi connectivity index (χ1n) is 18.2. The van der Waals surface area contributed by atoms with Gasteiger partial charge in [0.25, 0.3) is 0 Å². The van der Waals surface area contributed by atoms with Crippen LogP contribution in [-0.2, 0) is 14.4 Å². The minimum atomic E-state index is -0.255. The number of unbranched alkanes of at least 4 members (excludes halogenated alkanes) is 1. The van der Waals surface area contributed by atoms with Gasteiger partial charge in [0, 0.05) is 77.0 Å². The fourth-order valence-corrected chi connectivity index (χ4v) is 8.62. The van der Waals surface area contributed by atoms with Crippen LogP contribution in [0, 0.1) is 12.3 Å². The Morgan fingerprint density at radius 1 is 1.00 bits per heavy atom. The van der Waals surface area contributed by atoms with E-state index in [0.717, 1.165) is 109 Å². The predicted octanol–water partition coefficient (Wildman–Crippen LogP) is 4.13. The molecule has 1 spiro atoms. The molecule has 0 saturated carbocycles. The summed E-state index contributed by atoms with van der Waals surface area (Å²) in [6, 6.07) is 10.2. The molecular weight excluding hydrogens is 667 g/mol. The van der Waals surface area contributed by atoms with Gasteiger partial charge in [-0.1, -0.05) is 23.5 Å². The minimum Gasteiger partial charge on any atom is -0.371 e. The van der Waals surface area contributed by atoms with Gasteiger partial charge in [0.1, 0.15) is 17.5 Å². The van der Waals surface area contributed by atoms with E-state index in [1.807, 2.05) is 25.1 Å². The Balaban J connectivity index is 0.799. The number of amides is 3. The lowest BCUT2D eigenvalue weighted by atomic mass is 9.77. The number of aldehydes is 1. The molecule has 1 atom stereocenters. The summed E-state index contributed by atoms with van der Waals surface area (Å²) in [5.41, 5.74) is 2.35. The summed E-state index contributed by atoms with van der Waals surface area (Å²) in [5.74, 6) is 1.89. The van der Waals surface area contributed by atoms with Crippen molar-refractivity contribution in [2.75, 3.05) is 74.0 Å². The first-order chi connectivity index (χ1) is 24.8. The summed E-state index contributed by atoms with van der Waals surface area (Å²) < 4.78 is 0. The molecule has 0 aliphatic carbocycles. The number of hydrogen-bond acceptors (Lipinski definition) is 12. The Bertz CT molecular complexity index is 1730. The van der Waals surface area contributed by atoms with Gasteiger partial charge >= 0.3 is 0 Å². The van der Waals surface area contributed by atoms with Crippen molar-refractivity contribution in [3.63, 3.8) is 0 Å². The van der Waals surface area contributed by atoms with Gasteiger partial charge in [-0.05, 0) is 75.1 Å². The van der Waals surface area contributed by atoms with Crippen molar-refractivity contribution in [3.05, 3.63) is 52.8 Å². The van der Waals surface area contributed by atoms with E-state index in [9.17, 15) is 19.2 Å². The number of aromatic nitrogens is 3. The van der Waals surface area contributed by atoms with Crippen molar-refractivity contribution in [2.45, 2.75) is 64.2 Å². The summed E-state index contributed by atoms with van der Waals surface area (Å²) in [6.45, 7) is 10.2. The number of benzene rings is 1. The quantitative estimate of drug-likeness (QED) is 0.168.